The molecule has 0 unspecified atom stereocenters. The number of hydrogen-bond acceptors (Lipinski definition) is 6. The minimum absolute atomic E-state index is 0.0631. The number of hydrogen-bond donors (Lipinski definition) is 2. The molecule has 0 aliphatic rings. The van der Waals surface area contributed by atoms with E-state index in [0.717, 1.165) is 11.3 Å². The summed E-state index contributed by atoms with van der Waals surface area (Å²) in [6.45, 7) is -0.255. The number of aromatic nitrogens is 3. The zero-order valence-electron chi connectivity index (χ0n) is 9.86. The van der Waals surface area contributed by atoms with Crippen molar-refractivity contribution in [3.8, 4) is 11.8 Å². The average molecular weight is 298 g/mol. The highest BCUT2D eigenvalue weighted by Gasteiger charge is 2.17. The van der Waals surface area contributed by atoms with Gasteiger partial charge in [0.1, 0.15) is 11.5 Å². The number of nitrogens with one attached hydrogen (secondary N) is 1. The molecule has 0 fully saturated rings. The van der Waals surface area contributed by atoms with Crippen molar-refractivity contribution in [1.82, 2.24) is 14.8 Å². The van der Waals surface area contributed by atoms with Crippen LogP contribution in [0.15, 0.2) is 23.5 Å². The summed E-state index contributed by atoms with van der Waals surface area (Å²) in [7, 11) is -2.05. The Balaban J connectivity index is 2.19. The average Bonchev–Trinajstić information content (AvgIpc) is 2.95. The number of aryl methyl sites for hydroxylation is 1. The van der Waals surface area contributed by atoms with Crippen LogP contribution >= 0.6 is 11.3 Å². The molecule has 19 heavy (non-hydrogen) atoms. The summed E-state index contributed by atoms with van der Waals surface area (Å²) >= 11 is 1.09. The lowest BCUT2D eigenvalue weighted by atomic mass is 10.5. The van der Waals surface area contributed by atoms with E-state index in [-0.39, 0.29) is 16.6 Å². The van der Waals surface area contributed by atoms with Gasteiger partial charge in [-0.3, -0.25) is 9.40 Å². The molecule has 9 heteroatoms. The smallest absolute Gasteiger partial charge is 0.266 e. The van der Waals surface area contributed by atoms with Crippen LogP contribution in [-0.2, 0) is 17.1 Å². The minimum Gasteiger partial charge on any atom is -0.384 e. The summed E-state index contributed by atoms with van der Waals surface area (Å²) in [5.41, 5.74) is 0. The molecule has 2 N–H and O–H groups in total. The highest BCUT2D eigenvalue weighted by atomic mass is 32.2. The lowest BCUT2D eigenvalue weighted by Crippen LogP contribution is -2.11. The van der Waals surface area contributed by atoms with Gasteiger partial charge in [0.15, 0.2) is 5.13 Å². The maximum Gasteiger partial charge on any atom is 0.266 e. The number of sulfonamides is 1. The van der Waals surface area contributed by atoms with Crippen molar-refractivity contribution in [1.29, 1.82) is 0 Å². The van der Waals surface area contributed by atoms with Crippen LogP contribution in [0.5, 0.6) is 0 Å². The van der Waals surface area contributed by atoms with Crippen molar-refractivity contribution in [3.05, 3.63) is 23.5 Å². The van der Waals surface area contributed by atoms with E-state index >= 15 is 0 Å². The van der Waals surface area contributed by atoms with Crippen LogP contribution in [0, 0.1) is 11.8 Å². The molecule has 0 amide bonds. The number of rotatable bonds is 3. The van der Waals surface area contributed by atoms with Crippen LogP contribution in [0.3, 0.4) is 0 Å². The molecule has 0 aromatic carbocycles. The van der Waals surface area contributed by atoms with Crippen molar-refractivity contribution < 1.29 is 13.5 Å². The van der Waals surface area contributed by atoms with Crippen molar-refractivity contribution in [3.63, 3.8) is 0 Å². The largest absolute Gasteiger partial charge is 0.384 e. The van der Waals surface area contributed by atoms with E-state index in [0.29, 0.717) is 4.88 Å². The number of thiazole rings is 1. The van der Waals surface area contributed by atoms with Gasteiger partial charge in [0, 0.05) is 13.2 Å². The fraction of sp³-hybridized carbons (Fsp3) is 0.200. The summed E-state index contributed by atoms with van der Waals surface area (Å²) in [4.78, 5) is 4.53. The molecule has 0 aliphatic carbocycles. The van der Waals surface area contributed by atoms with E-state index in [1.54, 1.807) is 7.05 Å². The first-order chi connectivity index (χ1) is 9.01. The van der Waals surface area contributed by atoms with Gasteiger partial charge < -0.3 is 5.11 Å². The third-order valence-electron chi connectivity index (χ3n) is 2.01. The quantitative estimate of drug-likeness (QED) is 0.779. The van der Waals surface area contributed by atoms with E-state index in [2.05, 4.69) is 26.6 Å². The number of nitrogens with zero attached hydrogens (tertiary/aromatic N) is 3. The second-order valence-electron chi connectivity index (χ2n) is 3.44. The summed E-state index contributed by atoms with van der Waals surface area (Å²) in [5, 5.41) is 12.6. The predicted molar refractivity (Wildman–Crippen MR) is 70.1 cm³/mol. The highest BCUT2D eigenvalue weighted by molar-refractivity contribution is 7.93. The van der Waals surface area contributed by atoms with E-state index in [1.165, 1.54) is 23.3 Å². The Bertz CT molecular complexity index is 736. The molecule has 2 rings (SSSR count). The lowest BCUT2D eigenvalue weighted by Gasteiger charge is -2.00. The molecule has 2 aromatic rings. The highest BCUT2D eigenvalue weighted by Crippen LogP contribution is 2.20. The normalized spacial score (nSPS) is 10.8. The molecule has 0 saturated carbocycles. The van der Waals surface area contributed by atoms with Crippen molar-refractivity contribution in [2.45, 2.75) is 4.90 Å². The van der Waals surface area contributed by atoms with Gasteiger partial charge in [-0.25, -0.2) is 13.4 Å². The molecule has 2 aromatic heterocycles. The van der Waals surface area contributed by atoms with Crippen molar-refractivity contribution >= 4 is 26.5 Å². The Morgan fingerprint density at radius 3 is 2.95 bits per heavy atom. The monoisotopic (exact) mass is 298 g/mol. The Morgan fingerprint density at radius 1 is 1.53 bits per heavy atom. The number of aliphatic hydroxyl groups is 1. The molecule has 0 spiro atoms. The fourth-order valence-corrected chi connectivity index (χ4v) is 3.13. The van der Waals surface area contributed by atoms with Gasteiger partial charge in [0.25, 0.3) is 10.0 Å². The second-order valence-corrected chi connectivity index (χ2v) is 6.16. The SMILES string of the molecule is Cn1cc(S(=O)(=O)Nc2ncc(C#CCO)s2)cn1. The van der Waals surface area contributed by atoms with E-state index in [1.807, 2.05) is 0 Å². The molecule has 0 atom stereocenters. The summed E-state index contributed by atoms with van der Waals surface area (Å²) < 4.78 is 27.7. The summed E-state index contributed by atoms with van der Waals surface area (Å²) in [5.74, 6) is 5.11. The van der Waals surface area contributed by atoms with Gasteiger partial charge in [-0.15, -0.1) is 0 Å². The van der Waals surface area contributed by atoms with E-state index in [4.69, 9.17) is 5.11 Å². The van der Waals surface area contributed by atoms with E-state index in [9.17, 15) is 8.42 Å². The zero-order valence-corrected chi connectivity index (χ0v) is 11.5. The molecular formula is C10H10N4O3S2. The molecule has 100 valence electrons. The standard InChI is InChI=1S/C10H10N4O3S2/c1-14-7-9(6-12-14)19(16,17)13-10-11-5-8(18-10)3-2-4-15/h5-7,15H,4H2,1H3,(H,11,13). The maximum absolute atomic E-state index is 12.0. The lowest BCUT2D eigenvalue weighted by molar-refractivity contribution is 0.350. The summed E-state index contributed by atoms with van der Waals surface area (Å²) in [6.07, 6.45) is 4.08. The van der Waals surface area contributed by atoms with Crippen LogP contribution in [0.25, 0.3) is 0 Å². The first-order valence-corrected chi connectivity index (χ1v) is 7.38. The van der Waals surface area contributed by atoms with Crippen LogP contribution in [0.2, 0.25) is 0 Å². The van der Waals surface area contributed by atoms with Crippen LogP contribution in [-0.4, -0.2) is 34.9 Å². The third kappa shape index (κ3) is 3.31. The molecule has 0 aliphatic heterocycles. The molecule has 7 nitrogen and oxygen atoms in total. The Labute approximate surface area is 114 Å². The van der Waals surface area contributed by atoms with E-state index < -0.39 is 10.0 Å². The molecule has 2 heterocycles. The topological polar surface area (TPSA) is 97.1 Å². The fourth-order valence-electron chi connectivity index (χ4n) is 1.22. The molecular weight excluding hydrogens is 288 g/mol. The van der Waals surface area contributed by atoms with Gasteiger partial charge in [-0.2, -0.15) is 5.10 Å². The van der Waals surface area contributed by atoms with Gasteiger partial charge in [-0.05, 0) is 0 Å². The predicted octanol–water partition coefficient (Wildman–Crippen LogP) is 0.0212. The first kappa shape index (κ1) is 13.5. The van der Waals surface area contributed by atoms with Gasteiger partial charge in [0.05, 0.1) is 17.3 Å². The van der Waals surface area contributed by atoms with Gasteiger partial charge in [0.2, 0.25) is 0 Å². The van der Waals surface area contributed by atoms with Crippen molar-refractivity contribution in [2.24, 2.45) is 7.05 Å². The third-order valence-corrected chi connectivity index (χ3v) is 4.26. The summed E-state index contributed by atoms with van der Waals surface area (Å²) in [6, 6.07) is 0. The number of aliphatic hydroxyl groups excluding tert-OH is 1. The maximum atomic E-state index is 12.0. The molecule has 0 saturated heterocycles. The Kier molecular flexibility index (Phi) is 3.84. The molecule has 0 radical (unpaired) electrons. The van der Waals surface area contributed by atoms with Gasteiger partial charge in [-0.1, -0.05) is 23.2 Å². The number of anilines is 1. The second kappa shape index (κ2) is 5.40. The van der Waals surface area contributed by atoms with Crippen LogP contribution < -0.4 is 4.72 Å². The van der Waals surface area contributed by atoms with Crippen LogP contribution in [0.1, 0.15) is 4.88 Å². The van der Waals surface area contributed by atoms with Crippen molar-refractivity contribution in [2.75, 3.05) is 11.3 Å². The first-order valence-electron chi connectivity index (χ1n) is 5.08. The van der Waals surface area contributed by atoms with Crippen LogP contribution in [0.4, 0.5) is 5.13 Å². The Hall–Kier alpha value is -1.89. The Morgan fingerprint density at radius 2 is 2.32 bits per heavy atom. The zero-order chi connectivity index (χ0) is 13.9. The minimum atomic E-state index is -3.68. The molecule has 0 bridgehead atoms. The van der Waals surface area contributed by atoms with Gasteiger partial charge >= 0.3 is 0 Å².